The number of carbonyl (C=O) groups is 1. The Morgan fingerprint density at radius 3 is 2.17 bits per heavy atom. The highest BCUT2D eigenvalue weighted by molar-refractivity contribution is 6.30. The first kappa shape index (κ1) is 23.6. The Hall–Kier alpha value is -4.17. The van der Waals surface area contributed by atoms with Gasteiger partial charge in [0.15, 0.2) is 17.2 Å². The number of nitro benzene ring substituents is 1. The molecule has 8 nitrogen and oxygen atoms in total. The number of piperazine rings is 1. The molecular formula is C27H23ClN4O4. The Morgan fingerprint density at radius 1 is 0.917 bits per heavy atom. The molecule has 36 heavy (non-hydrogen) atoms. The summed E-state index contributed by atoms with van der Waals surface area (Å²) in [6.45, 7) is 4.61. The van der Waals surface area contributed by atoms with Crippen LogP contribution < -0.4 is 9.80 Å². The van der Waals surface area contributed by atoms with Crippen molar-refractivity contribution in [2.24, 2.45) is 0 Å². The first-order chi connectivity index (χ1) is 17.4. The minimum absolute atomic E-state index is 0.0887. The normalized spacial score (nSPS) is 13.6. The van der Waals surface area contributed by atoms with Gasteiger partial charge in [-0.1, -0.05) is 28.9 Å². The molecule has 0 spiro atoms. The zero-order chi connectivity index (χ0) is 25.2. The van der Waals surface area contributed by atoms with Gasteiger partial charge >= 0.3 is 0 Å². The van der Waals surface area contributed by atoms with E-state index in [0.29, 0.717) is 22.0 Å². The number of carbonyl (C=O) groups excluding carboxylic acids is 1. The number of ketones is 1. The average Bonchev–Trinajstić information content (AvgIpc) is 3.35. The third-order valence-electron chi connectivity index (χ3n) is 6.34. The SMILES string of the molecule is CC(=O)c1noc(-c2ccc(Cl)cc2)c1-c1cccc(N2CCN(c3ccc([N+](=O)[O-])cc3)CC2)c1. The third kappa shape index (κ3) is 4.67. The number of hydrogen-bond acceptors (Lipinski definition) is 7. The van der Waals surface area contributed by atoms with Crippen molar-refractivity contribution in [3.8, 4) is 22.5 Å². The molecule has 1 fully saturated rings. The van der Waals surface area contributed by atoms with Crippen LogP contribution in [0.1, 0.15) is 17.4 Å². The fourth-order valence-electron chi connectivity index (χ4n) is 4.46. The molecule has 182 valence electrons. The quantitative estimate of drug-likeness (QED) is 0.179. The first-order valence-corrected chi connectivity index (χ1v) is 11.9. The van der Waals surface area contributed by atoms with E-state index < -0.39 is 0 Å². The second kappa shape index (κ2) is 9.83. The smallest absolute Gasteiger partial charge is 0.269 e. The maximum absolute atomic E-state index is 12.4. The molecule has 1 aliphatic heterocycles. The lowest BCUT2D eigenvalue weighted by Gasteiger charge is -2.37. The van der Waals surface area contributed by atoms with Crippen molar-refractivity contribution >= 4 is 34.4 Å². The van der Waals surface area contributed by atoms with Crippen molar-refractivity contribution in [1.82, 2.24) is 5.16 Å². The lowest BCUT2D eigenvalue weighted by atomic mass is 9.97. The molecule has 0 unspecified atom stereocenters. The van der Waals surface area contributed by atoms with Gasteiger partial charge in [0, 0.05) is 67.2 Å². The van der Waals surface area contributed by atoms with E-state index in [4.69, 9.17) is 16.1 Å². The van der Waals surface area contributed by atoms with Crippen LogP contribution in [0.3, 0.4) is 0 Å². The van der Waals surface area contributed by atoms with E-state index in [1.54, 1.807) is 24.3 Å². The van der Waals surface area contributed by atoms with Crippen LogP contribution in [0.25, 0.3) is 22.5 Å². The summed E-state index contributed by atoms with van der Waals surface area (Å²) in [5, 5.41) is 15.6. The molecule has 2 heterocycles. The van der Waals surface area contributed by atoms with E-state index >= 15 is 0 Å². The van der Waals surface area contributed by atoms with Crippen LogP contribution in [0.5, 0.6) is 0 Å². The van der Waals surface area contributed by atoms with Crippen molar-refractivity contribution in [2.45, 2.75) is 6.92 Å². The number of hydrogen-bond donors (Lipinski definition) is 0. The van der Waals surface area contributed by atoms with Crippen LogP contribution in [0.2, 0.25) is 5.02 Å². The number of nitrogens with zero attached hydrogens (tertiary/aromatic N) is 4. The zero-order valence-electron chi connectivity index (χ0n) is 19.6. The molecule has 1 aliphatic rings. The van der Waals surface area contributed by atoms with Crippen LogP contribution in [0.15, 0.2) is 77.3 Å². The highest BCUT2D eigenvalue weighted by Crippen LogP contribution is 2.37. The fourth-order valence-corrected chi connectivity index (χ4v) is 4.59. The van der Waals surface area contributed by atoms with Gasteiger partial charge in [0.2, 0.25) is 0 Å². The summed E-state index contributed by atoms with van der Waals surface area (Å²) in [4.78, 5) is 27.4. The van der Waals surface area contributed by atoms with Gasteiger partial charge in [-0.2, -0.15) is 0 Å². The number of halogens is 1. The van der Waals surface area contributed by atoms with Crippen LogP contribution in [-0.2, 0) is 0 Å². The molecule has 0 amide bonds. The molecule has 0 atom stereocenters. The van der Waals surface area contributed by atoms with E-state index in [2.05, 4.69) is 21.0 Å². The van der Waals surface area contributed by atoms with Crippen molar-refractivity contribution in [2.75, 3.05) is 36.0 Å². The van der Waals surface area contributed by atoms with Gasteiger partial charge in [-0.15, -0.1) is 0 Å². The summed E-state index contributed by atoms with van der Waals surface area (Å²) in [7, 11) is 0. The lowest BCUT2D eigenvalue weighted by Crippen LogP contribution is -2.46. The number of non-ortho nitro benzene ring substituents is 1. The van der Waals surface area contributed by atoms with Crippen molar-refractivity contribution < 1.29 is 14.2 Å². The Kier molecular flexibility index (Phi) is 6.43. The molecule has 1 aromatic heterocycles. The molecule has 4 aromatic rings. The standard InChI is InChI=1S/C27H23ClN4O4/c1-18(33)26-25(27(36-29-26)19-5-7-21(28)8-6-19)20-3-2-4-24(17-20)31-15-13-30(14-16-31)22-9-11-23(12-10-22)32(34)35/h2-12,17H,13-16H2,1H3. The molecule has 1 saturated heterocycles. The van der Waals surface area contributed by atoms with Crippen LogP contribution in [-0.4, -0.2) is 42.0 Å². The predicted octanol–water partition coefficient (Wildman–Crippen LogP) is 6.10. The number of benzene rings is 3. The molecule has 0 saturated carbocycles. The van der Waals surface area contributed by atoms with E-state index in [9.17, 15) is 14.9 Å². The van der Waals surface area contributed by atoms with E-state index in [1.165, 1.54) is 19.1 Å². The van der Waals surface area contributed by atoms with E-state index in [1.807, 2.05) is 30.3 Å². The minimum Gasteiger partial charge on any atom is -0.368 e. The largest absolute Gasteiger partial charge is 0.368 e. The highest BCUT2D eigenvalue weighted by Gasteiger charge is 2.24. The highest BCUT2D eigenvalue weighted by atomic mass is 35.5. The molecule has 3 aromatic carbocycles. The number of anilines is 2. The van der Waals surface area contributed by atoms with Crippen molar-refractivity contribution in [3.05, 3.63) is 93.6 Å². The van der Waals surface area contributed by atoms with Crippen LogP contribution in [0.4, 0.5) is 17.1 Å². The summed E-state index contributed by atoms with van der Waals surface area (Å²) in [6.07, 6.45) is 0. The summed E-state index contributed by atoms with van der Waals surface area (Å²) in [5.41, 5.74) is 4.69. The Balaban J connectivity index is 1.39. The van der Waals surface area contributed by atoms with Crippen LogP contribution in [0, 0.1) is 10.1 Å². The first-order valence-electron chi connectivity index (χ1n) is 11.5. The number of nitro groups is 1. The lowest BCUT2D eigenvalue weighted by molar-refractivity contribution is -0.384. The van der Waals surface area contributed by atoms with Gasteiger partial charge < -0.3 is 14.3 Å². The Morgan fingerprint density at radius 2 is 1.56 bits per heavy atom. The minimum atomic E-state index is -0.389. The van der Waals surface area contributed by atoms with Crippen molar-refractivity contribution in [1.29, 1.82) is 0 Å². The maximum Gasteiger partial charge on any atom is 0.269 e. The molecular weight excluding hydrogens is 480 g/mol. The summed E-state index contributed by atoms with van der Waals surface area (Å²) >= 11 is 6.05. The second-order valence-electron chi connectivity index (χ2n) is 8.60. The monoisotopic (exact) mass is 502 g/mol. The molecule has 9 heteroatoms. The number of rotatable bonds is 6. The maximum atomic E-state index is 12.4. The van der Waals surface area contributed by atoms with E-state index in [0.717, 1.165) is 48.7 Å². The number of aromatic nitrogens is 1. The zero-order valence-corrected chi connectivity index (χ0v) is 20.3. The summed E-state index contributed by atoms with van der Waals surface area (Å²) in [5.74, 6) is 0.355. The predicted molar refractivity (Wildman–Crippen MR) is 140 cm³/mol. The molecule has 5 rings (SSSR count). The van der Waals surface area contributed by atoms with Gasteiger partial charge in [-0.05, 0) is 54.1 Å². The van der Waals surface area contributed by atoms with Gasteiger partial charge in [-0.25, -0.2) is 0 Å². The molecule has 0 bridgehead atoms. The fraction of sp³-hybridized carbons (Fsp3) is 0.185. The second-order valence-corrected chi connectivity index (χ2v) is 9.03. The average molecular weight is 503 g/mol. The summed E-state index contributed by atoms with van der Waals surface area (Å²) in [6, 6.07) is 21.9. The molecule has 0 radical (unpaired) electrons. The number of Topliss-reactive ketones (excluding diaryl/α,β-unsaturated/α-hetero) is 1. The topological polar surface area (TPSA) is 92.7 Å². The van der Waals surface area contributed by atoms with Gasteiger partial charge in [-0.3, -0.25) is 14.9 Å². The van der Waals surface area contributed by atoms with Gasteiger partial charge in [0.05, 0.1) is 10.5 Å². The molecule has 0 aliphatic carbocycles. The van der Waals surface area contributed by atoms with Crippen molar-refractivity contribution in [3.63, 3.8) is 0 Å². The van der Waals surface area contributed by atoms with Gasteiger partial charge in [0.25, 0.3) is 5.69 Å². The Labute approximate surface area is 212 Å². The van der Waals surface area contributed by atoms with Gasteiger partial charge in [0.1, 0.15) is 0 Å². The van der Waals surface area contributed by atoms with Crippen LogP contribution >= 0.6 is 11.6 Å². The summed E-state index contributed by atoms with van der Waals surface area (Å²) < 4.78 is 5.63. The van der Waals surface area contributed by atoms with E-state index in [-0.39, 0.29) is 16.4 Å². The Bertz CT molecular complexity index is 1410. The third-order valence-corrected chi connectivity index (χ3v) is 6.59. The molecule has 0 N–H and O–H groups in total.